The van der Waals surface area contributed by atoms with Gasteiger partial charge in [0.1, 0.15) is 0 Å². The van der Waals surface area contributed by atoms with Gasteiger partial charge in [0, 0.05) is 29.2 Å². The summed E-state index contributed by atoms with van der Waals surface area (Å²) in [6.07, 6.45) is -1.37. The number of halogens is 1. The van der Waals surface area contributed by atoms with Gasteiger partial charge in [0.25, 0.3) is 21.6 Å². The summed E-state index contributed by atoms with van der Waals surface area (Å²) in [6.45, 7) is 0. The third kappa shape index (κ3) is 6.35. The molecule has 0 aliphatic rings. The van der Waals surface area contributed by atoms with Gasteiger partial charge >= 0.3 is 5.97 Å². The van der Waals surface area contributed by atoms with E-state index in [-0.39, 0.29) is 26.3 Å². The predicted molar refractivity (Wildman–Crippen MR) is 152 cm³/mol. The third-order valence-electron chi connectivity index (χ3n) is 5.85. The maximum Gasteiger partial charge on any atom is 0.339 e. The van der Waals surface area contributed by atoms with Gasteiger partial charge in [-0.15, -0.1) is 0 Å². The number of benzene rings is 4. The summed E-state index contributed by atoms with van der Waals surface area (Å²) >= 11 is 3.21. The van der Waals surface area contributed by atoms with E-state index in [4.69, 9.17) is 4.74 Å². The molecule has 1 unspecified atom stereocenters. The van der Waals surface area contributed by atoms with Gasteiger partial charge in [0.2, 0.25) is 6.10 Å². The molecule has 4 aromatic carbocycles. The molecule has 10 nitrogen and oxygen atoms in total. The number of non-ortho nitro benzene ring substituents is 1. The van der Waals surface area contributed by atoms with Crippen molar-refractivity contribution in [2.24, 2.45) is 0 Å². The number of hydrogen-bond donors (Lipinski definition) is 1. The van der Waals surface area contributed by atoms with E-state index in [1.54, 1.807) is 60.7 Å². The number of carbonyl (C=O) groups is 2. The van der Waals surface area contributed by atoms with Gasteiger partial charge in [-0.1, -0.05) is 48.5 Å². The molecule has 0 spiro atoms. The molecule has 0 bridgehead atoms. The molecule has 0 saturated carbocycles. The molecule has 0 saturated heterocycles. The molecule has 204 valence electrons. The highest BCUT2D eigenvalue weighted by Crippen LogP contribution is 2.29. The lowest BCUT2D eigenvalue weighted by Crippen LogP contribution is -2.27. The molecule has 0 aliphatic carbocycles. The maximum atomic E-state index is 13.2. The fraction of sp³-hybridized carbons (Fsp3) is 0.0714. The first-order chi connectivity index (χ1) is 19.1. The Balaban J connectivity index is 1.54. The van der Waals surface area contributed by atoms with E-state index < -0.39 is 32.9 Å². The Hall–Kier alpha value is -4.55. The molecular formula is C28H22BrN3O7S. The second-order valence-electron chi connectivity index (χ2n) is 8.44. The standard InChI is InChI=1S/C28H22BrN3O7S/c1-31(21-10-6-3-7-11-21)40(37,38)23-15-12-20(13-16-23)28(34)39-26(19-8-4-2-5-9-19)27(33)30-25-17-14-22(32(35)36)18-24(25)29/h2-18,26H,1H3,(H,30,33). The van der Waals surface area contributed by atoms with E-state index in [1.807, 2.05) is 0 Å². The van der Waals surface area contributed by atoms with Gasteiger partial charge < -0.3 is 10.1 Å². The Morgan fingerprint density at radius 2 is 1.52 bits per heavy atom. The molecule has 0 heterocycles. The zero-order valence-corrected chi connectivity index (χ0v) is 23.3. The van der Waals surface area contributed by atoms with Gasteiger partial charge in [-0.25, -0.2) is 13.2 Å². The van der Waals surface area contributed by atoms with Crippen LogP contribution in [0.25, 0.3) is 0 Å². The summed E-state index contributed by atoms with van der Waals surface area (Å²) in [7, 11) is -2.46. The summed E-state index contributed by atoms with van der Waals surface area (Å²) in [5.41, 5.74) is 0.963. The number of nitro benzene ring substituents is 1. The zero-order valence-electron chi connectivity index (χ0n) is 20.9. The smallest absolute Gasteiger partial charge is 0.339 e. The van der Waals surface area contributed by atoms with Crippen molar-refractivity contribution in [2.45, 2.75) is 11.0 Å². The van der Waals surface area contributed by atoms with E-state index in [2.05, 4.69) is 21.2 Å². The van der Waals surface area contributed by atoms with Crippen molar-refractivity contribution in [1.82, 2.24) is 0 Å². The Morgan fingerprint density at radius 1 is 0.925 bits per heavy atom. The van der Waals surface area contributed by atoms with Gasteiger partial charge in [-0.05, 0) is 58.4 Å². The van der Waals surface area contributed by atoms with E-state index in [9.17, 15) is 28.1 Å². The number of nitrogens with one attached hydrogen (secondary N) is 1. The lowest BCUT2D eigenvalue weighted by atomic mass is 10.1. The van der Waals surface area contributed by atoms with Crippen LogP contribution in [0.15, 0.2) is 112 Å². The average molecular weight is 624 g/mol. The summed E-state index contributed by atoms with van der Waals surface area (Å²) in [6, 6.07) is 25.9. The number of carbonyl (C=O) groups excluding carboxylic acids is 2. The van der Waals surface area contributed by atoms with Crippen LogP contribution in [0, 0.1) is 10.1 Å². The van der Waals surface area contributed by atoms with Crippen molar-refractivity contribution in [3.05, 3.63) is 129 Å². The quantitative estimate of drug-likeness (QED) is 0.143. The molecule has 12 heteroatoms. The van der Waals surface area contributed by atoms with Crippen molar-refractivity contribution in [1.29, 1.82) is 0 Å². The molecule has 0 radical (unpaired) electrons. The van der Waals surface area contributed by atoms with Crippen molar-refractivity contribution < 1.29 is 27.7 Å². The molecular weight excluding hydrogens is 602 g/mol. The number of esters is 1. The summed E-state index contributed by atoms with van der Waals surface area (Å²) in [4.78, 5) is 36.7. The van der Waals surface area contributed by atoms with Gasteiger partial charge in [0.15, 0.2) is 0 Å². The molecule has 4 aromatic rings. The van der Waals surface area contributed by atoms with E-state index >= 15 is 0 Å². The van der Waals surface area contributed by atoms with E-state index in [1.165, 1.54) is 49.5 Å². The first-order valence-corrected chi connectivity index (χ1v) is 14.0. The lowest BCUT2D eigenvalue weighted by molar-refractivity contribution is -0.384. The van der Waals surface area contributed by atoms with Gasteiger partial charge in [-0.3, -0.25) is 19.2 Å². The number of para-hydroxylation sites is 1. The molecule has 1 N–H and O–H groups in total. The highest BCUT2D eigenvalue weighted by atomic mass is 79.9. The van der Waals surface area contributed by atoms with E-state index in [0.717, 1.165) is 4.31 Å². The second-order valence-corrected chi connectivity index (χ2v) is 11.3. The minimum absolute atomic E-state index is 0.0317. The molecule has 1 atom stereocenters. The van der Waals surface area contributed by atoms with E-state index in [0.29, 0.717) is 11.3 Å². The number of sulfonamides is 1. The number of hydrogen-bond acceptors (Lipinski definition) is 7. The Kier molecular flexibility index (Phi) is 8.61. The molecule has 1 amide bonds. The summed E-state index contributed by atoms with van der Waals surface area (Å²) < 4.78 is 33.0. The maximum absolute atomic E-state index is 13.2. The SMILES string of the molecule is CN(c1ccccc1)S(=O)(=O)c1ccc(C(=O)OC(C(=O)Nc2ccc([N+](=O)[O-])cc2Br)c2ccccc2)cc1. The van der Waals surface area contributed by atoms with Crippen LogP contribution < -0.4 is 9.62 Å². The fourth-order valence-corrected chi connectivity index (χ4v) is 5.35. The van der Waals surface area contributed by atoms with Crippen LogP contribution in [-0.2, 0) is 19.6 Å². The van der Waals surface area contributed by atoms with Crippen molar-refractivity contribution in [2.75, 3.05) is 16.7 Å². The van der Waals surface area contributed by atoms with Crippen molar-refractivity contribution >= 4 is 54.9 Å². The number of amides is 1. The van der Waals surface area contributed by atoms with Crippen LogP contribution in [0.2, 0.25) is 0 Å². The Morgan fingerprint density at radius 3 is 2.10 bits per heavy atom. The molecule has 40 heavy (non-hydrogen) atoms. The first-order valence-electron chi connectivity index (χ1n) is 11.7. The number of ether oxygens (including phenoxy) is 1. The normalized spacial score (nSPS) is 11.8. The largest absolute Gasteiger partial charge is 0.444 e. The van der Waals surface area contributed by atoms with Crippen LogP contribution in [0.1, 0.15) is 22.0 Å². The van der Waals surface area contributed by atoms with Crippen LogP contribution in [0.3, 0.4) is 0 Å². The number of rotatable bonds is 9. The average Bonchev–Trinajstić information content (AvgIpc) is 2.97. The minimum atomic E-state index is -3.89. The Bertz CT molecular complexity index is 1650. The summed E-state index contributed by atoms with van der Waals surface area (Å²) in [5.74, 6) is -1.55. The molecule has 0 fully saturated rings. The van der Waals surface area contributed by atoms with Gasteiger partial charge in [-0.2, -0.15) is 0 Å². The fourth-order valence-electron chi connectivity index (χ4n) is 3.69. The second kappa shape index (κ2) is 12.1. The minimum Gasteiger partial charge on any atom is -0.444 e. The van der Waals surface area contributed by atoms with Crippen LogP contribution in [-0.4, -0.2) is 32.3 Å². The highest BCUT2D eigenvalue weighted by molar-refractivity contribution is 9.10. The first kappa shape index (κ1) is 28.5. The predicted octanol–water partition coefficient (Wildman–Crippen LogP) is 5.72. The topological polar surface area (TPSA) is 136 Å². The van der Waals surface area contributed by atoms with Crippen LogP contribution >= 0.6 is 15.9 Å². The number of anilines is 2. The molecule has 0 aliphatic heterocycles. The van der Waals surface area contributed by atoms with Crippen LogP contribution in [0.5, 0.6) is 0 Å². The zero-order chi connectivity index (χ0) is 28.9. The number of nitrogens with zero attached hydrogens (tertiary/aromatic N) is 2. The van der Waals surface area contributed by atoms with Crippen molar-refractivity contribution in [3.8, 4) is 0 Å². The highest BCUT2D eigenvalue weighted by Gasteiger charge is 2.27. The number of nitro groups is 1. The third-order valence-corrected chi connectivity index (χ3v) is 8.31. The molecule has 4 rings (SSSR count). The van der Waals surface area contributed by atoms with Crippen molar-refractivity contribution in [3.63, 3.8) is 0 Å². The lowest BCUT2D eigenvalue weighted by Gasteiger charge is -2.20. The Labute approximate surface area is 238 Å². The van der Waals surface area contributed by atoms with Gasteiger partial charge in [0.05, 0.1) is 26.8 Å². The molecule has 0 aromatic heterocycles. The summed E-state index contributed by atoms with van der Waals surface area (Å²) in [5, 5.41) is 13.6. The monoisotopic (exact) mass is 623 g/mol. The van der Waals surface area contributed by atoms with Crippen LogP contribution in [0.4, 0.5) is 17.1 Å².